The third-order valence-corrected chi connectivity index (χ3v) is 3.21. The Morgan fingerprint density at radius 3 is 2.53 bits per heavy atom. The Balaban J connectivity index is 2.00. The normalized spacial score (nSPS) is 19.1. The minimum atomic E-state index is 0.0497. The number of benzene rings is 1. The summed E-state index contributed by atoms with van der Waals surface area (Å²) in [6, 6.07) is 4.79. The molecule has 0 aliphatic carbocycles. The van der Waals surface area contributed by atoms with Gasteiger partial charge in [-0.25, -0.2) is 10.4 Å². The van der Waals surface area contributed by atoms with Crippen LogP contribution in [0, 0.1) is 0 Å². The van der Waals surface area contributed by atoms with Crippen molar-refractivity contribution in [2.45, 2.75) is 32.2 Å². The molecule has 94 valence electrons. The van der Waals surface area contributed by atoms with Crippen molar-refractivity contribution in [3.8, 4) is 11.5 Å². The van der Waals surface area contributed by atoms with Gasteiger partial charge in [-0.15, -0.1) is 0 Å². The summed E-state index contributed by atoms with van der Waals surface area (Å²) in [5.74, 6) is 0.235. The molecule has 1 aromatic carbocycles. The third-order valence-electron chi connectivity index (χ3n) is 3.21. The molecule has 17 heavy (non-hydrogen) atoms. The van der Waals surface area contributed by atoms with Crippen LogP contribution in [0.25, 0.3) is 0 Å². The molecule has 0 radical (unpaired) electrons. The maximum atomic E-state index is 9.77. The lowest BCUT2D eigenvalue weighted by atomic mass is 10.1. The van der Waals surface area contributed by atoms with Gasteiger partial charge < -0.3 is 10.2 Å². The number of hydrogen-bond acceptors (Lipinski definition) is 4. The molecule has 1 atom stereocenters. The van der Waals surface area contributed by atoms with Gasteiger partial charge in [0.2, 0.25) is 0 Å². The minimum Gasteiger partial charge on any atom is -0.508 e. The highest BCUT2D eigenvalue weighted by Gasteiger charge is 2.16. The lowest BCUT2D eigenvalue weighted by molar-refractivity contribution is 0.132. The van der Waals surface area contributed by atoms with Gasteiger partial charge in [0.05, 0.1) is 0 Å². The van der Waals surface area contributed by atoms with Crippen molar-refractivity contribution in [2.75, 3.05) is 13.1 Å². The van der Waals surface area contributed by atoms with Crippen LogP contribution in [0.4, 0.5) is 0 Å². The lowest BCUT2D eigenvalue weighted by Crippen LogP contribution is -2.42. The number of nitrogens with one attached hydrogen (secondary N) is 1. The first-order valence-electron chi connectivity index (χ1n) is 6.20. The molecular weight excluding hydrogens is 216 g/mol. The zero-order valence-corrected chi connectivity index (χ0v) is 10.2. The maximum absolute atomic E-state index is 9.77. The molecule has 1 saturated heterocycles. The molecule has 1 aliphatic rings. The second-order valence-corrected chi connectivity index (χ2v) is 4.64. The molecule has 3 N–H and O–H groups in total. The topological polar surface area (TPSA) is 55.7 Å². The Bertz CT molecular complexity index is 376. The molecule has 0 amide bonds. The average molecular weight is 236 g/mol. The first-order valence-corrected chi connectivity index (χ1v) is 6.20. The highest BCUT2D eigenvalue weighted by Crippen LogP contribution is 2.28. The van der Waals surface area contributed by atoms with E-state index in [-0.39, 0.29) is 17.5 Å². The van der Waals surface area contributed by atoms with Gasteiger partial charge in [0, 0.05) is 30.8 Å². The summed E-state index contributed by atoms with van der Waals surface area (Å²) in [6.07, 6.45) is 3.75. The number of hydrogen-bond donors (Lipinski definition) is 3. The van der Waals surface area contributed by atoms with Crippen molar-refractivity contribution in [2.24, 2.45) is 0 Å². The highest BCUT2D eigenvalue weighted by molar-refractivity contribution is 5.40. The van der Waals surface area contributed by atoms with E-state index in [4.69, 9.17) is 0 Å². The fourth-order valence-electron chi connectivity index (χ4n) is 2.26. The molecule has 1 fully saturated rings. The molecule has 0 bridgehead atoms. The minimum absolute atomic E-state index is 0.0497. The van der Waals surface area contributed by atoms with Crippen LogP contribution >= 0.6 is 0 Å². The van der Waals surface area contributed by atoms with Crippen molar-refractivity contribution >= 4 is 0 Å². The van der Waals surface area contributed by atoms with Crippen LogP contribution in [0.3, 0.4) is 0 Å². The predicted molar refractivity (Wildman–Crippen MR) is 66.7 cm³/mol. The smallest absolute Gasteiger partial charge is 0.124 e. The Hall–Kier alpha value is -1.26. The molecular formula is C13H20N2O2. The van der Waals surface area contributed by atoms with Crippen LogP contribution in [-0.2, 0) is 0 Å². The van der Waals surface area contributed by atoms with Gasteiger partial charge in [-0.1, -0.05) is 12.5 Å². The number of hydrazine groups is 1. The molecule has 0 aromatic heterocycles. The van der Waals surface area contributed by atoms with Crippen LogP contribution in [0.2, 0.25) is 0 Å². The molecule has 1 aromatic rings. The summed E-state index contributed by atoms with van der Waals surface area (Å²) in [5.41, 5.74) is 4.20. The van der Waals surface area contributed by atoms with Crippen LogP contribution < -0.4 is 5.43 Å². The van der Waals surface area contributed by atoms with E-state index in [9.17, 15) is 10.2 Å². The summed E-state index contributed by atoms with van der Waals surface area (Å²) in [7, 11) is 0. The number of phenols is 2. The largest absolute Gasteiger partial charge is 0.508 e. The summed E-state index contributed by atoms with van der Waals surface area (Å²) in [4.78, 5) is 0. The molecule has 1 heterocycles. The van der Waals surface area contributed by atoms with E-state index in [1.54, 1.807) is 12.1 Å². The van der Waals surface area contributed by atoms with Crippen LogP contribution in [0.15, 0.2) is 18.2 Å². The summed E-state index contributed by atoms with van der Waals surface area (Å²) in [5, 5.41) is 21.2. The summed E-state index contributed by atoms with van der Waals surface area (Å²) < 4.78 is 0. The van der Waals surface area contributed by atoms with E-state index < -0.39 is 0 Å². The zero-order chi connectivity index (χ0) is 12.3. The SMILES string of the molecule is CC(NN1CCCCC1)c1ccc(O)cc1O. The van der Waals surface area contributed by atoms with Gasteiger partial charge in [-0.3, -0.25) is 0 Å². The number of aromatic hydroxyl groups is 2. The lowest BCUT2D eigenvalue weighted by Gasteiger charge is -2.30. The molecule has 0 saturated carbocycles. The highest BCUT2D eigenvalue weighted by atomic mass is 16.3. The van der Waals surface area contributed by atoms with Gasteiger partial charge >= 0.3 is 0 Å². The number of rotatable bonds is 3. The van der Waals surface area contributed by atoms with Crippen molar-refractivity contribution in [1.82, 2.24) is 10.4 Å². The standard InChI is InChI=1S/C13H20N2O2/c1-10(14-15-7-3-2-4-8-15)12-6-5-11(16)9-13(12)17/h5-6,9-10,14,16-17H,2-4,7-8H2,1H3. The van der Waals surface area contributed by atoms with Crippen molar-refractivity contribution in [3.05, 3.63) is 23.8 Å². The van der Waals surface area contributed by atoms with E-state index in [0.29, 0.717) is 0 Å². The van der Waals surface area contributed by atoms with Gasteiger partial charge in [0.1, 0.15) is 11.5 Å². The van der Waals surface area contributed by atoms with E-state index >= 15 is 0 Å². The third kappa shape index (κ3) is 3.11. The van der Waals surface area contributed by atoms with E-state index in [0.717, 1.165) is 18.7 Å². The van der Waals surface area contributed by atoms with E-state index in [2.05, 4.69) is 10.4 Å². The average Bonchev–Trinajstić information content (AvgIpc) is 2.30. The maximum Gasteiger partial charge on any atom is 0.124 e. The summed E-state index contributed by atoms with van der Waals surface area (Å²) in [6.45, 7) is 4.13. The second-order valence-electron chi connectivity index (χ2n) is 4.64. The second kappa shape index (κ2) is 5.38. The molecule has 1 unspecified atom stereocenters. The van der Waals surface area contributed by atoms with Gasteiger partial charge in [0.25, 0.3) is 0 Å². The van der Waals surface area contributed by atoms with Crippen molar-refractivity contribution < 1.29 is 10.2 Å². The Kier molecular flexibility index (Phi) is 3.86. The zero-order valence-electron chi connectivity index (χ0n) is 10.2. The van der Waals surface area contributed by atoms with Crippen molar-refractivity contribution in [1.29, 1.82) is 0 Å². The molecule has 0 spiro atoms. The fourth-order valence-corrected chi connectivity index (χ4v) is 2.26. The molecule has 4 heteroatoms. The Morgan fingerprint density at radius 2 is 1.88 bits per heavy atom. The van der Waals surface area contributed by atoms with Gasteiger partial charge in [-0.2, -0.15) is 0 Å². The van der Waals surface area contributed by atoms with Gasteiger partial charge in [-0.05, 0) is 25.8 Å². The fraction of sp³-hybridized carbons (Fsp3) is 0.538. The van der Waals surface area contributed by atoms with E-state index in [1.165, 1.54) is 25.3 Å². The molecule has 1 aliphatic heterocycles. The Labute approximate surface area is 102 Å². The molecule has 4 nitrogen and oxygen atoms in total. The number of nitrogens with zero attached hydrogens (tertiary/aromatic N) is 1. The van der Waals surface area contributed by atoms with Gasteiger partial charge in [0.15, 0.2) is 0 Å². The van der Waals surface area contributed by atoms with E-state index in [1.807, 2.05) is 6.92 Å². The van der Waals surface area contributed by atoms with Crippen molar-refractivity contribution in [3.63, 3.8) is 0 Å². The molecule has 2 rings (SSSR count). The quantitative estimate of drug-likeness (QED) is 0.752. The number of phenolic OH excluding ortho intramolecular Hbond substituents is 2. The summed E-state index contributed by atoms with van der Waals surface area (Å²) >= 11 is 0. The number of piperidine rings is 1. The Morgan fingerprint density at radius 1 is 1.18 bits per heavy atom. The van der Waals surface area contributed by atoms with Crippen LogP contribution in [0.5, 0.6) is 11.5 Å². The first-order chi connectivity index (χ1) is 8.16. The predicted octanol–water partition coefficient (Wildman–Crippen LogP) is 2.15. The monoisotopic (exact) mass is 236 g/mol. The van der Waals surface area contributed by atoms with Crippen LogP contribution in [0.1, 0.15) is 37.8 Å². The first kappa shape index (κ1) is 12.2. The van der Waals surface area contributed by atoms with Crippen LogP contribution in [-0.4, -0.2) is 28.3 Å².